The predicted octanol–water partition coefficient (Wildman–Crippen LogP) is 0.435. The van der Waals surface area contributed by atoms with Crippen LogP contribution in [0.15, 0.2) is 36.5 Å². The zero-order valence-electron chi connectivity index (χ0n) is 9.81. The van der Waals surface area contributed by atoms with Crippen LogP contribution in [-0.4, -0.2) is 33.4 Å². The van der Waals surface area contributed by atoms with Crippen LogP contribution in [0.3, 0.4) is 0 Å². The number of carboxylic acid groups (broad SMARTS) is 1. The largest absolute Gasteiger partial charge is 0.480 e. The molecule has 0 aliphatic rings. The third-order valence-corrected chi connectivity index (χ3v) is 2.27. The molecule has 2 rings (SSSR count). The molecule has 0 fully saturated rings. The Morgan fingerprint density at radius 1 is 1.32 bits per heavy atom. The van der Waals surface area contributed by atoms with Gasteiger partial charge < -0.3 is 15.6 Å². The maximum absolute atomic E-state index is 11.0. The minimum Gasteiger partial charge on any atom is -0.480 e. The van der Waals surface area contributed by atoms with E-state index >= 15 is 0 Å². The molecule has 0 aliphatic heterocycles. The van der Waals surface area contributed by atoms with Gasteiger partial charge >= 0.3 is 5.97 Å². The van der Waals surface area contributed by atoms with Gasteiger partial charge in [-0.1, -0.05) is 18.2 Å². The average Bonchev–Trinajstić information content (AvgIpc) is 2.81. The minimum absolute atomic E-state index is 0.00449. The average molecular weight is 261 g/mol. The van der Waals surface area contributed by atoms with E-state index < -0.39 is 18.5 Å². The maximum atomic E-state index is 11.0. The molecule has 3 N–H and O–H groups in total. The number of ether oxygens (including phenoxy) is 1. The summed E-state index contributed by atoms with van der Waals surface area (Å²) in [7, 11) is 0. The first-order valence-corrected chi connectivity index (χ1v) is 5.37. The lowest BCUT2D eigenvalue weighted by atomic mass is 10.3. The molecule has 1 aromatic heterocycles. The molecule has 2 aromatic rings. The lowest BCUT2D eigenvalue weighted by molar-refractivity contribution is -0.119. The molecule has 19 heavy (non-hydrogen) atoms. The number of hydrogen-bond donors (Lipinski definition) is 2. The lowest BCUT2D eigenvalue weighted by Gasteiger charge is -2.00. The van der Waals surface area contributed by atoms with Crippen LogP contribution >= 0.6 is 0 Å². The number of aromatic nitrogens is 2. The number of nitrogens with zero attached hydrogens (tertiary/aromatic N) is 2. The van der Waals surface area contributed by atoms with Gasteiger partial charge in [0.05, 0.1) is 11.9 Å². The predicted molar refractivity (Wildman–Crippen MR) is 65.2 cm³/mol. The van der Waals surface area contributed by atoms with Crippen LogP contribution in [0.2, 0.25) is 0 Å². The van der Waals surface area contributed by atoms with Crippen LogP contribution in [-0.2, 0) is 4.79 Å². The second-order valence-corrected chi connectivity index (χ2v) is 3.68. The number of primary amides is 1. The van der Waals surface area contributed by atoms with Gasteiger partial charge in [0.15, 0.2) is 12.4 Å². The second kappa shape index (κ2) is 5.21. The normalized spacial score (nSPS) is 10.1. The number of amides is 1. The smallest absolute Gasteiger partial charge is 0.360 e. The van der Waals surface area contributed by atoms with Crippen molar-refractivity contribution in [3.63, 3.8) is 0 Å². The van der Waals surface area contributed by atoms with Crippen molar-refractivity contribution in [1.29, 1.82) is 0 Å². The number of rotatable bonds is 5. The zero-order valence-corrected chi connectivity index (χ0v) is 9.81. The van der Waals surface area contributed by atoms with Crippen LogP contribution in [0, 0.1) is 0 Å². The van der Waals surface area contributed by atoms with Gasteiger partial charge in [0.1, 0.15) is 0 Å². The number of carbonyl (C=O) groups excluding carboxylic acids is 1. The number of hydrogen-bond acceptors (Lipinski definition) is 4. The fourth-order valence-electron chi connectivity index (χ4n) is 1.47. The zero-order chi connectivity index (χ0) is 13.8. The lowest BCUT2D eigenvalue weighted by Crippen LogP contribution is -2.20. The summed E-state index contributed by atoms with van der Waals surface area (Å²) in [5, 5.41) is 12.9. The number of para-hydroxylation sites is 1. The van der Waals surface area contributed by atoms with Crippen LogP contribution < -0.4 is 10.5 Å². The van der Waals surface area contributed by atoms with Crippen LogP contribution in [0.5, 0.6) is 5.75 Å². The summed E-state index contributed by atoms with van der Waals surface area (Å²) in [4.78, 5) is 21.7. The van der Waals surface area contributed by atoms with Crippen LogP contribution in [0.4, 0.5) is 0 Å². The molecule has 0 saturated carbocycles. The van der Waals surface area contributed by atoms with Crippen molar-refractivity contribution in [1.82, 2.24) is 9.78 Å². The highest BCUT2D eigenvalue weighted by atomic mass is 16.5. The third kappa shape index (κ3) is 2.89. The Bertz CT molecular complexity index is 607. The van der Waals surface area contributed by atoms with Crippen molar-refractivity contribution in [3.05, 3.63) is 42.2 Å². The number of benzene rings is 1. The monoisotopic (exact) mass is 261 g/mol. The Balaban J connectivity index is 2.35. The van der Waals surface area contributed by atoms with Crippen molar-refractivity contribution >= 4 is 11.9 Å². The molecule has 1 heterocycles. The Kier molecular flexibility index (Phi) is 3.46. The first kappa shape index (κ1) is 12.6. The number of nitrogens with two attached hydrogens (primary N) is 1. The van der Waals surface area contributed by atoms with Crippen molar-refractivity contribution in [2.24, 2.45) is 5.73 Å². The number of aromatic carboxylic acids is 1. The van der Waals surface area contributed by atoms with E-state index in [1.54, 1.807) is 24.3 Å². The van der Waals surface area contributed by atoms with E-state index in [1.807, 2.05) is 6.07 Å². The Morgan fingerprint density at radius 3 is 2.58 bits per heavy atom. The summed E-state index contributed by atoms with van der Waals surface area (Å²) in [6.45, 7) is -0.402. The first-order valence-electron chi connectivity index (χ1n) is 5.37. The van der Waals surface area contributed by atoms with Crippen molar-refractivity contribution in [2.75, 3.05) is 6.61 Å². The molecule has 1 aromatic carbocycles. The molecule has 0 spiro atoms. The Hall–Kier alpha value is -2.83. The van der Waals surface area contributed by atoms with E-state index in [-0.39, 0.29) is 11.4 Å². The number of carbonyl (C=O) groups is 2. The van der Waals surface area contributed by atoms with E-state index in [4.69, 9.17) is 15.6 Å². The highest BCUT2D eigenvalue weighted by Crippen LogP contribution is 2.19. The molecule has 0 unspecified atom stereocenters. The SMILES string of the molecule is NC(=O)COc1cn(-c2ccccc2)nc1C(=O)O. The number of carboxylic acids is 1. The molecular formula is C12H11N3O4. The van der Waals surface area contributed by atoms with Gasteiger partial charge in [-0.15, -0.1) is 0 Å². The minimum atomic E-state index is -1.24. The van der Waals surface area contributed by atoms with Crippen LogP contribution in [0.1, 0.15) is 10.5 Å². The van der Waals surface area contributed by atoms with Crippen LogP contribution in [0.25, 0.3) is 5.69 Å². The second-order valence-electron chi connectivity index (χ2n) is 3.68. The molecule has 0 saturated heterocycles. The highest BCUT2D eigenvalue weighted by Gasteiger charge is 2.18. The summed E-state index contributed by atoms with van der Waals surface area (Å²) in [6, 6.07) is 8.94. The summed E-state index contributed by atoms with van der Waals surface area (Å²) in [5.41, 5.74) is 5.35. The topological polar surface area (TPSA) is 107 Å². The van der Waals surface area contributed by atoms with E-state index in [0.717, 1.165) is 0 Å². The molecule has 0 bridgehead atoms. The van der Waals surface area contributed by atoms with E-state index in [0.29, 0.717) is 5.69 Å². The summed E-state index contributed by atoms with van der Waals surface area (Å²) in [5.74, 6) is -1.94. The van der Waals surface area contributed by atoms with Crippen molar-refractivity contribution in [3.8, 4) is 11.4 Å². The molecule has 0 aliphatic carbocycles. The van der Waals surface area contributed by atoms with Gasteiger partial charge in [0.2, 0.25) is 5.69 Å². The van der Waals surface area contributed by atoms with Crippen molar-refractivity contribution < 1.29 is 19.4 Å². The van der Waals surface area contributed by atoms with Crippen molar-refractivity contribution in [2.45, 2.75) is 0 Å². The quantitative estimate of drug-likeness (QED) is 0.811. The first-order chi connectivity index (χ1) is 9.08. The van der Waals surface area contributed by atoms with Gasteiger partial charge in [-0.05, 0) is 12.1 Å². The van der Waals surface area contributed by atoms with E-state index in [2.05, 4.69) is 5.10 Å². The fourth-order valence-corrected chi connectivity index (χ4v) is 1.47. The standard InChI is InChI=1S/C12H11N3O4/c13-10(16)7-19-9-6-15(14-11(9)12(17)18)8-4-2-1-3-5-8/h1-6H,7H2,(H2,13,16)(H,17,18). The van der Waals surface area contributed by atoms with Gasteiger partial charge in [-0.3, -0.25) is 4.79 Å². The molecule has 1 amide bonds. The van der Waals surface area contributed by atoms with E-state index in [1.165, 1.54) is 10.9 Å². The fraction of sp³-hybridized carbons (Fsp3) is 0.0833. The van der Waals surface area contributed by atoms with Gasteiger partial charge in [0, 0.05) is 0 Å². The highest BCUT2D eigenvalue weighted by molar-refractivity contribution is 5.88. The molecule has 7 heteroatoms. The third-order valence-electron chi connectivity index (χ3n) is 2.27. The van der Waals surface area contributed by atoms with E-state index in [9.17, 15) is 9.59 Å². The van der Waals surface area contributed by atoms with Gasteiger partial charge in [-0.2, -0.15) is 5.10 Å². The summed E-state index contributed by atoms with van der Waals surface area (Å²) >= 11 is 0. The Labute approximate surface area is 108 Å². The summed E-state index contributed by atoms with van der Waals surface area (Å²) in [6.07, 6.45) is 1.39. The molecule has 98 valence electrons. The summed E-state index contributed by atoms with van der Waals surface area (Å²) < 4.78 is 6.38. The maximum Gasteiger partial charge on any atom is 0.360 e. The Morgan fingerprint density at radius 2 is 2.00 bits per heavy atom. The van der Waals surface area contributed by atoms with Gasteiger partial charge in [-0.25, -0.2) is 9.48 Å². The molecule has 0 atom stereocenters. The molecule has 0 radical (unpaired) electrons. The molecule has 7 nitrogen and oxygen atoms in total. The molecular weight excluding hydrogens is 250 g/mol. The van der Waals surface area contributed by atoms with Gasteiger partial charge in [0.25, 0.3) is 5.91 Å².